The lowest BCUT2D eigenvalue weighted by Gasteiger charge is -2.39. The number of furan rings is 1. The second-order valence-electron chi connectivity index (χ2n) is 7.39. The molecule has 2 aromatic carbocycles. The fourth-order valence-corrected chi connectivity index (χ4v) is 4.84. The molecule has 4 heteroatoms. The number of benzene rings is 2. The molecule has 5 rings (SSSR count). The minimum atomic E-state index is -0.207. The van der Waals surface area contributed by atoms with Gasteiger partial charge in [0.15, 0.2) is 5.76 Å². The number of rotatable bonds is 2. The van der Waals surface area contributed by atoms with Crippen LogP contribution in [-0.2, 0) is 11.8 Å². The summed E-state index contributed by atoms with van der Waals surface area (Å²) in [6.07, 6.45) is 4.84. The lowest BCUT2D eigenvalue weighted by atomic mass is 9.63. The molecule has 0 saturated carbocycles. The second kappa shape index (κ2) is 5.13. The summed E-state index contributed by atoms with van der Waals surface area (Å²) >= 11 is 0. The Hall–Kier alpha value is -2.75. The first-order valence-electron chi connectivity index (χ1n) is 8.93. The molecule has 0 spiro atoms. The van der Waals surface area contributed by atoms with Crippen molar-refractivity contribution >= 4 is 16.6 Å². The third-order valence-corrected chi connectivity index (χ3v) is 6.10. The van der Waals surface area contributed by atoms with Crippen molar-refractivity contribution in [1.82, 2.24) is 0 Å². The molecular formula is C22H20O4. The Bertz CT molecular complexity index is 1080. The van der Waals surface area contributed by atoms with E-state index in [2.05, 4.69) is 13.0 Å². The van der Waals surface area contributed by atoms with Gasteiger partial charge in [-0.2, -0.15) is 0 Å². The largest absolute Gasteiger partial charge is 0.496 e. The average Bonchev–Trinajstić information content (AvgIpc) is 3.10. The van der Waals surface area contributed by atoms with Gasteiger partial charge in [-0.05, 0) is 54.7 Å². The van der Waals surface area contributed by atoms with Gasteiger partial charge in [-0.25, -0.2) is 0 Å². The Morgan fingerprint density at radius 1 is 1.08 bits per heavy atom. The first kappa shape index (κ1) is 15.5. The highest BCUT2D eigenvalue weighted by Crippen LogP contribution is 2.51. The second-order valence-corrected chi connectivity index (χ2v) is 7.39. The summed E-state index contributed by atoms with van der Waals surface area (Å²) in [4.78, 5) is 13.2. The molecule has 0 saturated heterocycles. The van der Waals surface area contributed by atoms with E-state index >= 15 is 0 Å². The van der Waals surface area contributed by atoms with Gasteiger partial charge in [0, 0.05) is 27.3 Å². The molecule has 0 N–H and O–H groups in total. The minimum absolute atomic E-state index is 0.0348. The van der Waals surface area contributed by atoms with E-state index in [1.165, 1.54) is 5.56 Å². The zero-order valence-corrected chi connectivity index (χ0v) is 15.1. The molecule has 2 aliphatic rings. The number of hydrogen-bond donors (Lipinski definition) is 0. The number of hydrogen-bond acceptors (Lipinski definition) is 4. The Morgan fingerprint density at radius 3 is 2.46 bits per heavy atom. The van der Waals surface area contributed by atoms with Crippen molar-refractivity contribution in [3.05, 3.63) is 58.5 Å². The highest BCUT2D eigenvalue weighted by atomic mass is 16.5. The molecule has 0 amide bonds. The number of fused-ring (bicyclic) bond motifs is 3. The molecule has 26 heavy (non-hydrogen) atoms. The highest BCUT2D eigenvalue weighted by molar-refractivity contribution is 6.14. The van der Waals surface area contributed by atoms with Crippen LogP contribution in [0, 0.1) is 0 Å². The summed E-state index contributed by atoms with van der Waals surface area (Å²) in [5.74, 6) is 1.99. The molecular weight excluding hydrogens is 328 g/mol. The molecule has 0 fully saturated rings. The van der Waals surface area contributed by atoms with Gasteiger partial charge < -0.3 is 13.9 Å². The molecule has 1 aromatic heterocycles. The maximum Gasteiger partial charge on any atom is 0.228 e. The van der Waals surface area contributed by atoms with E-state index in [4.69, 9.17) is 13.9 Å². The lowest BCUT2D eigenvalue weighted by Crippen LogP contribution is -2.35. The Balaban J connectivity index is 1.89. The predicted octanol–water partition coefficient (Wildman–Crippen LogP) is 4.64. The molecule has 2 aliphatic carbocycles. The summed E-state index contributed by atoms with van der Waals surface area (Å²) in [6.45, 7) is 2.23. The van der Waals surface area contributed by atoms with Crippen molar-refractivity contribution in [2.45, 2.75) is 31.6 Å². The maximum absolute atomic E-state index is 13.2. The highest BCUT2D eigenvalue weighted by Gasteiger charge is 2.46. The molecule has 0 unspecified atom stereocenters. The van der Waals surface area contributed by atoms with E-state index in [1.54, 1.807) is 20.5 Å². The van der Waals surface area contributed by atoms with Gasteiger partial charge in [-0.15, -0.1) is 0 Å². The quantitative estimate of drug-likeness (QED) is 0.677. The van der Waals surface area contributed by atoms with Gasteiger partial charge in [0.25, 0.3) is 0 Å². The molecule has 3 aromatic rings. The normalized spacial score (nSPS) is 20.7. The van der Waals surface area contributed by atoms with Crippen LogP contribution in [0.2, 0.25) is 0 Å². The van der Waals surface area contributed by atoms with Crippen molar-refractivity contribution in [2.24, 2.45) is 0 Å². The number of ketones is 1. The number of carbonyl (C=O) groups excluding carboxylic acids is 1. The monoisotopic (exact) mass is 348 g/mol. The molecule has 0 aliphatic heterocycles. The van der Waals surface area contributed by atoms with Gasteiger partial charge in [0.1, 0.15) is 11.5 Å². The van der Waals surface area contributed by atoms with E-state index in [-0.39, 0.29) is 11.2 Å². The van der Waals surface area contributed by atoms with Gasteiger partial charge in [0.05, 0.1) is 20.5 Å². The average molecular weight is 348 g/mol. The van der Waals surface area contributed by atoms with Crippen LogP contribution in [0.5, 0.6) is 11.5 Å². The van der Waals surface area contributed by atoms with E-state index in [0.717, 1.165) is 52.7 Å². The van der Waals surface area contributed by atoms with Crippen LogP contribution < -0.4 is 9.47 Å². The van der Waals surface area contributed by atoms with Crippen LogP contribution in [0.1, 0.15) is 52.6 Å². The zero-order chi connectivity index (χ0) is 18.1. The van der Waals surface area contributed by atoms with Gasteiger partial charge in [0.2, 0.25) is 5.78 Å². The standard InChI is InChI=1S/C22H20O4/c1-22-8-4-5-12-11-26-21(19(12)22)20(23)15-9-13-14(10-16(15)22)18(25-3)7-6-17(13)24-2/h6-7,9-11H,4-5,8H2,1-3H3/t22-/m0/s1. The molecule has 4 nitrogen and oxygen atoms in total. The van der Waals surface area contributed by atoms with Crippen molar-refractivity contribution in [3.8, 4) is 11.5 Å². The van der Waals surface area contributed by atoms with Crippen molar-refractivity contribution < 1.29 is 18.7 Å². The van der Waals surface area contributed by atoms with Crippen molar-refractivity contribution in [2.75, 3.05) is 14.2 Å². The van der Waals surface area contributed by atoms with Crippen LogP contribution in [0.4, 0.5) is 0 Å². The summed E-state index contributed by atoms with van der Waals surface area (Å²) in [5.41, 5.74) is 3.83. The summed E-state index contributed by atoms with van der Waals surface area (Å²) < 4.78 is 16.8. The minimum Gasteiger partial charge on any atom is -0.496 e. The first-order chi connectivity index (χ1) is 12.6. The molecule has 1 atom stereocenters. The Morgan fingerprint density at radius 2 is 1.77 bits per heavy atom. The van der Waals surface area contributed by atoms with E-state index < -0.39 is 0 Å². The topological polar surface area (TPSA) is 48.7 Å². The Kier molecular flexibility index (Phi) is 3.06. The third kappa shape index (κ3) is 1.77. The van der Waals surface area contributed by atoms with Crippen LogP contribution in [-0.4, -0.2) is 20.0 Å². The SMILES string of the molecule is COc1ccc(OC)c2cc3c(cc12)C(=O)c1occ2c1[C@@]3(C)CCC2. The number of methoxy groups -OCH3 is 2. The van der Waals surface area contributed by atoms with Gasteiger partial charge in [-0.1, -0.05) is 6.92 Å². The molecule has 132 valence electrons. The van der Waals surface area contributed by atoms with Crippen LogP contribution in [0.3, 0.4) is 0 Å². The predicted molar refractivity (Wildman–Crippen MR) is 98.6 cm³/mol. The Labute approximate surface area is 151 Å². The fourth-order valence-electron chi connectivity index (χ4n) is 4.84. The first-order valence-corrected chi connectivity index (χ1v) is 8.93. The van der Waals surface area contributed by atoms with E-state index in [9.17, 15) is 4.79 Å². The van der Waals surface area contributed by atoms with Crippen molar-refractivity contribution in [3.63, 3.8) is 0 Å². The third-order valence-electron chi connectivity index (χ3n) is 6.10. The van der Waals surface area contributed by atoms with Crippen LogP contribution in [0.15, 0.2) is 34.9 Å². The summed E-state index contributed by atoms with van der Waals surface area (Å²) in [7, 11) is 3.31. The summed E-state index contributed by atoms with van der Waals surface area (Å²) in [5, 5.41) is 1.85. The van der Waals surface area contributed by atoms with Crippen molar-refractivity contribution in [1.29, 1.82) is 0 Å². The summed E-state index contributed by atoms with van der Waals surface area (Å²) in [6, 6.07) is 7.85. The smallest absolute Gasteiger partial charge is 0.228 e. The zero-order valence-electron chi connectivity index (χ0n) is 15.1. The number of aryl methyl sites for hydroxylation is 1. The lowest BCUT2D eigenvalue weighted by molar-refractivity contribution is 0.0998. The van der Waals surface area contributed by atoms with Gasteiger partial charge in [-0.3, -0.25) is 4.79 Å². The number of carbonyl (C=O) groups is 1. The van der Waals surface area contributed by atoms with E-state index in [1.807, 2.05) is 18.2 Å². The fraction of sp³-hybridized carbons (Fsp3) is 0.318. The van der Waals surface area contributed by atoms with Crippen LogP contribution in [0.25, 0.3) is 10.8 Å². The molecule has 0 bridgehead atoms. The molecule has 0 radical (unpaired) electrons. The maximum atomic E-state index is 13.2. The molecule has 1 heterocycles. The van der Waals surface area contributed by atoms with Crippen LogP contribution >= 0.6 is 0 Å². The van der Waals surface area contributed by atoms with E-state index in [0.29, 0.717) is 11.3 Å². The number of ether oxygens (including phenoxy) is 2. The van der Waals surface area contributed by atoms with Gasteiger partial charge >= 0.3 is 0 Å².